The Morgan fingerprint density at radius 2 is 2.21 bits per heavy atom. The van der Waals surface area contributed by atoms with Gasteiger partial charge in [0.25, 0.3) is 0 Å². The first-order valence-electron chi connectivity index (χ1n) is 8.64. The van der Waals surface area contributed by atoms with Crippen LogP contribution in [0.3, 0.4) is 0 Å². The number of carbonyl (C=O) groups is 1. The Kier molecular flexibility index (Phi) is 5.96. The van der Waals surface area contributed by atoms with Crippen LogP contribution in [-0.4, -0.2) is 33.0 Å². The number of thioether (sulfide) groups is 1. The third-order valence-electron chi connectivity index (χ3n) is 4.42. The van der Waals surface area contributed by atoms with Gasteiger partial charge in [0.1, 0.15) is 0 Å². The van der Waals surface area contributed by atoms with Gasteiger partial charge in [0.2, 0.25) is 5.91 Å². The minimum Gasteiger partial charge on any atom is -0.461 e. The fraction of sp³-hybridized carbons (Fsp3) is 0.588. The number of rotatable bonds is 7. The first-order valence-corrected chi connectivity index (χ1v) is 9.63. The van der Waals surface area contributed by atoms with Crippen LogP contribution in [0.1, 0.15) is 39.0 Å². The largest absolute Gasteiger partial charge is 0.461 e. The smallest absolute Gasteiger partial charge is 0.230 e. The zero-order chi connectivity index (χ0) is 16.8. The van der Waals surface area contributed by atoms with Crippen LogP contribution in [0.4, 0.5) is 0 Å². The molecule has 24 heavy (non-hydrogen) atoms. The van der Waals surface area contributed by atoms with Gasteiger partial charge in [-0.1, -0.05) is 31.0 Å². The van der Waals surface area contributed by atoms with E-state index >= 15 is 0 Å². The van der Waals surface area contributed by atoms with Gasteiger partial charge >= 0.3 is 0 Å². The molecule has 2 heterocycles. The van der Waals surface area contributed by atoms with E-state index in [9.17, 15) is 4.79 Å². The summed E-state index contributed by atoms with van der Waals surface area (Å²) in [7, 11) is 0. The number of hydrogen-bond donors (Lipinski definition) is 1. The number of nitrogens with zero attached hydrogens (tertiary/aromatic N) is 3. The second-order valence-corrected chi connectivity index (χ2v) is 7.07. The SMILES string of the molecule is CCn1c(SCC(=O)NCC2CCCCC2)nnc1-c1ccco1. The van der Waals surface area contributed by atoms with Crippen molar-refractivity contribution in [2.75, 3.05) is 12.3 Å². The van der Waals surface area contributed by atoms with E-state index in [1.54, 1.807) is 6.26 Å². The molecule has 1 N–H and O–H groups in total. The highest BCUT2D eigenvalue weighted by Crippen LogP contribution is 2.25. The van der Waals surface area contributed by atoms with Crippen molar-refractivity contribution in [1.29, 1.82) is 0 Å². The Morgan fingerprint density at radius 1 is 1.38 bits per heavy atom. The van der Waals surface area contributed by atoms with Crippen molar-refractivity contribution in [1.82, 2.24) is 20.1 Å². The summed E-state index contributed by atoms with van der Waals surface area (Å²) >= 11 is 1.42. The van der Waals surface area contributed by atoms with E-state index in [-0.39, 0.29) is 5.91 Å². The molecule has 1 aliphatic carbocycles. The Hall–Kier alpha value is -1.76. The third-order valence-corrected chi connectivity index (χ3v) is 5.39. The predicted octanol–water partition coefficient (Wildman–Crippen LogP) is 3.35. The monoisotopic (exact) mass is 348 g/mol. The van der Waals surface area contributed by atoms with E-state index in [1.165, 1.54) is 43.9 Å². The molecule has 6 nitrogen and oxygen atoms in total. The van der Waals surface area contributed by atoms with Crippen molar-refractivity contribution in [2.24, 2.45) is 5.92 Å². The molecule has 0 radical (unpaired) electrons. The second kappa shape index (κ2) is 8.37. The molecule has 1 saturated carbocycles. The van der Waals surface area contributed by atoms with Crippen molar-refractivity contribution in [3.8, 4) is 11.6 Å². The Bertz CT molecular complexity index is 648. The highest BCUT2D eigenvalue weighted by molar-refractivity contribution is 7.99. The molecule has 0 bridgehead atoms. The summed E-state index contributed by atoms with van der Waals surface area (Å²) in [6.45, 7) is 3.57. The highest BCUT2D eigenvalue weighted by atomic mass is 32.2. The minimum absolute atomic E-state index is 0.0655. The fourth-order valence-corrected chi connectivity index (χ4v) is 3.93. The molecule has 3 rings (SSSR count). The Labute approximate surface area is 146 Å². The average Bonchev–Trinajstić information content (AvgIpc) is 3.27. The summed E-state index contributed by atoms with van der Waals surface area (Å²) in [5.74, 6) is 2.47. The molecule has 2 aromatic heterocycles. The molecule has 130 valence electrons. The molecule has 0 unspecified atom stereocenters. The number of aromatic nitrogens is 3. The molecule has 7 heteroatoms. The highest BCUT2D eigenvalue weighted by Gasteiger charge is 2.17. The van der Waals surface area contributed by atoms with Crippen molar-refractivity contribution in [3.63, 3.8) is 0 Å². The van der Waals surface area contributed by atoms with Gasteiger partial charge in [0, 0.05) is 13.1 Å². The normalized spacial score (nSPS) is 15.5. The van der Waals surface area contributed by atoms with E-state index in [4.69, 9.17) is 4.42 Å². The quantitative estimate of drug-likeness (QED) is 0.777. The summed E-state index contributed by atoms with van der Waals surface area (Å²) in [5, 5.41) is 12.2. The molecule has 2 aromatic rings. The van der Waals surface area contributed by atoms with Crippen LogP contribution in [0.15, 0.2) is 28.0 Å². The Morgan fingerprint density at radius 3 is 2.92 bits per heavy atom. The number of hydrogen-bond acceptors (Lipinski definition) is 5. The third kappa shape index (κ3) is 4.20. The second-order valence-electron chi connectivity index (χ2n) is 6.12. The fourth-order valence-electron chi connectivity index (χ4n) is 3.10. The van der Waals surface area contributed by atoms with Gasteiger partial charge in [-0.05, 0) is 37.8 Å². The zero-order valence-electron chi connectivity index (χ0n) is 14.0. The van der Waals surface area contributed by atoms with Crippen molar-refractivity contribution in [2.45, 2.75) is 50.7 Å². The van der Waals surface area contributed by atoms with Gasteiger partial charge in [-0.2, -0.15) is 0 Å². The zero-order valence-corrected chi connectivity index (χ0v) is 14.8. The van der Waals surface area contributed by atoms with Crippen molar-refractivity contribution in [3.05, 3.63) is 18.4 Å². The standard InChI is InChI=1S/C17H24N4O2S/c1-2-21-16(14-9-6-10-23-14)19-20-17(21)24-12-15(22)18-11-13-7-4-3-5-8-13/h6,9-10,13H,2-5,7-8,11-12H2,1H3,(H,18,22). The van der Waals surface area contributed by atoms with Crippen LogP contribution in [0.2, 0.25) is 0 Å². The molecule has 1 fully saturated rings. The van der Waals surface area contributed by atoms with Gasteiger partial charge in [0.15, 0.2) is 16.7 Å². The molecule has 0 saturated heterocycles. The maximum atomic E-state index is 12.1. The topological polar surface area (TPSA) is 73.0 Å². The Balaban J connectivity index is 1.51. The molecule has 1 aliphatic rings. The van der Waals surface area contributed by atoms with Crippen LogP contribution in [0.25, 0.3) is 11.6 Å². The lowest BCUT2D eigenvalue weighted by Crippen LogP contribution is -2.31. The lowest BCUT2D eigenvalue weighted by Gasteiger charge is -2.21. The van der Waals surface area contributed by atoms with Gasteiger partial charge in [-0.25, -0.2) is 0 Å². The minimum atomic E-state index is 0.0655. The van der Waals surface area contributed by atoms with E-state index in [0.717, 1.165) is 18.2 Å². The van der Waals surface area contributed by atoms with Crippen LogP contribution in [-0.2, 0) is 11.3 Å². The maximum Gasteiger partial charge on any atom is 0.230 e. The summed E-state index contributed by atoms with van der Waals surface area (Å²) in [5.41, 5.74) is 0. The number of furan rings is 1. The molecule has 0 atom stereocenters. The summed E-state index contributed by atoms with van der Waals surface area (Å²) in [6, 6.07) is 3.69. The van der Waals surface area contributed by atoms with E-state index in [0.29, 0.717) is 23.3 Å². The molecule has 0 spiro atoms. The van der Waals surface area contributed by atoms with Crippen molar-refractivity contribution >= 4 is 17.7 Å². The molecular formula is C17H24N4O2S. The molecule has 1 amide bonds. The van der Waals surface area contributed by atoms with Gasteiger partial charge in [-0.3, -0.25) is 9.36 Å². The van der Waals surface area contributed by atoms with E-state index < -0.39 is 0 Å². The molecule has 0 aliphatic heterocycles. The summed E-state index contributed by atoms with van der Waals surface area (Å²) in [6.07, 6.45) is 8.03. The predicted molar refractivity (Wildman–Crippen MR) is 93.7 cm³/mol. The van der Waals surface area contributed by atoms with Gasteiger partial charge in [0.05, 0.1) is 12.0 Å². The van der Waals surface area contributed by atoms with Crippen molar-refractivity contribution < 1.29 is 9.21 Å². The lowest BCUT2D eigenvalue weighted by molar-refractivity contribution is -0.118. The summed E-state index contributed by atoms with van der Waals surface area (Å²) in [4.78, 5) is 12.1. The number of carbonyl (C=O) groups excluding carboxylic acids is 1. The van der Waals surface area contributed by atoms with Gasteiger partial charge < -0.3 is 9.73 Å². The van der Waals surface area contributed by atoms with Crippen LogP contribution >= 0.6 is 11.8 Å². The van der Waals surface area contributed by atoms with Gasteiger partial charge in [-0.15, -0.1) is 10.2 Å². The molecular weight excluding hydrogens is 324 g/mol. The van der Waals surface area contributed by atoms with Crippen LogP contribution in [0.5, 0.6) is 0 Å². The molecule has 0 aromatic carbocycles. The average molecular weight is 348 g/mol. The first-order chi connectivity index (χ1) is 11.8. The number of amides is 1. The van der Waals surface area contributed by atoms with E-state index in [2.05, 4.69) is 15.5 Å². The van der Waals surface area contributed by atoms with Crippen LogP contribution in [0, 0.1) is 5.92 Å². The first kappa shape index (κ1) is 17.1. The maximum absolute atomic E-state index is 12.1. The summed E-state index contributed by atoms with van der Waals surface area (Å²) < 4.78 is 7.36. The van der Waals surface area contributed by atoms with E-state index in [1.807, 2.05) is 23.6 Å². The van der Waals surface area contributed by atoms with Crippen LogP contribution < -0.4 is 5.32 Å². The lowest BCUT2D eigenvalue weighted by atomic mass is 9.89. The number of nitrogens with one attached hydrogen (secondary N) is 1.